The van der Waals surface area contributed by atoms with E-state index >= 15 is 0 Å². The second kappa shape index (κ2) is 8.13. The minimum absolute atomic E-state index is 0.119. The Kier molecular flexibility index (Phi) is 5.24. The number of anilines is 3. The first-order valence-electron chi connectivity index (χ1n) is 9.41. The summed E-state index contributed by atoms with van der Waals surface area (Å²) in [6, 6.07) is 23.9. The van der Waals surface area contributed by atoms with E-state index in [1.165, 1.54) is 6.07 Å². The summed E-state index contributed by atoms with van der Waals surface area (Å²) < 4.78 is 14.0. The lowest BCUT2D eigenvalue weighted by Crippen LogP contribution is -2.46. The number of carbonyl (C=O) groups excluding carboxylic acids is 1. The fourth-order valence-electron chi connectivity index (χ4n) is 3.46. The van der Waals surface area contributed by atoms with Crippen LogP contribution in [-0.4, -0.2) is 32.1 Å². The molecule has 0 spiro atoms. The number of nitrogens with zero attached hydrogens (tertiary/aromatic N) is 2. The average Bonchev–Trinajstić information content (AvgIpc) is 2.75. The summed E-state index contributed by atoms with van der Waals surface area (Å²) in [5.74, 6) is -0.290. The van der Waals surface area contributed by atoms with Crippen molar-refractivity contribution in [1.82, 2.24) is 0 Å². The van der Waals surface area contributed by atoms with Gasteiger partial charge in [-0.05, 0) is 48.5 Å². The summed E-state index contributed by atoms with van der Waals surface area (Å²) in [6.07, 6.45) is 0. The van der Waals surface area contributed by atoms with E-state index in [0.717, 1.165) is 37.6 Å². The number of hydrogen-bond acceptors (Lipinski definition) is 3. The van der Waals surface area contributed by atoms with Crippen LogP contribution in [0.15, 0.2) is 78.9 Å². The Bertz CT molecular complexity index is 936. The molecule has 4 nitrogen and oxygen atoms in total. The van der Waals surface area contributed by atoms with Crippen LogP contribution in [0.2, 0.25) is 0 Å². The first-order valence-corrected chi connectivity index (χ1v) is 9.41. The third kappa shape index (κ3) is 3.98. The molecule has 5 heteroatoms. The van der Waals surface area contributed by atoms with Crippen LogP contribution in [-0.2, 0) is 0 Å². The van der Waals surface area contributed by atoms with Gasteiger partial charge >= 0.3 is 0 Å². The lowest BCUT2D eigenvalue weighted by Gasteiger charge is -2.37. The van der Waals surface area contributed by atoms with Crippen molar-refractivity contribution in [1.29, 1.82) is 0 Å². The van der Waals surface area contributed by atoms with Crippen molar-refractivity contribution in [2.75, 3.05) is 41.3 Å². The third-order valence-electron chi connectivity index (χ3n) is 5.00. The summed E-state index contributed by atoms with van der Waals surface area (Å²) in [4.78, 5) is 16.6. The van der Waals surface area contributed by atoms with Crippen LogP contribution in [0.3, 0.4) is 0 Å². The first kappa shape index (κ1) is 18.0. The smallest absolute Gasteiger partial charge is 0.255 e. The van der Waals surface area contributed by atoms with Gasteiger partial charge in [0.2, 0.25) is 0 Å². The summed E-state index contributed by atoms with van der Waals surface area (Å²) in [5, 5.41) is 2.92. The van der Waals surface area contributed by atoms with Crippen molar-refractivity contribution in [3.8, 4) is 0 Å². The van der Waals surface area contributed by atoms with E-state index in [1.807, 2.05) is 54.6 Å². The lowest BCUT2D eigenvalue weighted by atomic mass is 10.2. The molecule has 3 aromatic carbocycles. The zero-order valence-corrected chi connectivity index (χ0v) is 15.5. The van der Waals surface area contributed by atoms with E-state index in [-0.39, 0.29) is 11.7 Å². The molecular formula is C23H22FN3O. The Morgan fingerprint density at radius 2 is 1.36 bits per heavy atom. The standard InChI is InChI=1S/C23H22FN3O/c24-21-8-4-5-9-22(21)27-16-14-26(15-17-27)20-12-10-19(11-13-20)25-23(28)18-6-2-1-3-7-18/h1-13H,14-17H2,(H,25,28). The Hall–Kier alpha value is -3.34. The number of para-hydroxylation sites is 1. The largest absolute Gasteiger partial charge is 0.368 e. The van der Waals surface area contributed by atoms with E-state index in [0.29, 0.717) is 11.3 Å². The number of halogens is 1. The van der Waals surface area contributed by atoms with Gasteiger partial charge in [-0.1, -0.05) is 30.3 Å². The normalized spacial score (nSPS) is 14.0. The highest BCUT2D eigenvalue weighted by Gasteiger charge is 2.19. The Morgan fingerprint density at radius 1 is 0.750 bits per heavy atom. The van der Waals surface area contributed by atoms with Gasteiger partial charge in [-0.3, -0.25) is 4.79 Å². The zero-order chi connectivity index (χ0) is 19.3. The van der Waals surface area contributed by atoms with Crippen LogP contribution in [0.4, 0.5) is 21.5 Å². The molecule has 4 rings (SSSR count). The molecule has 1 fully saturated rings. The quantitative estimate of drug-likeness (QED) is 0.734. The van der Waals surface area contributed by atoms with Crippen molar-refractivity contribution >= 4 is 23.0 Å². The minimum atomic E-state index is -0.172. The highest BCUT2D eigenvalue weighted by atomic mass is 19.1. The van der Waals surface area contributed by atoms with Crippen LogP contribution in [0.25, 0.3) is 0 Å². The van der Waals surface area contributed by atoms with Crippen molar-refractivity contribution < 1.29 is 9.18 Å². The fourth-order valence-corrected chi connectivity index (χ4v) is 3.46. The Labute approximate surface area is 164 Å². The molecule has 1 amide bonds. The van der Waals surface area contributed by atoms with Gasteiger partial charge in [-0.2, -0.15) is 0 Å². The molecule has 0 radical (unpaired) electrons. The fraction of sp³-hybridized carbons (Fsp3) is 0.174. The van der Waals surface area contributed by atoms with E-state index in [2.05, 4.69) is 15.1 Å². The van der Waals surface area contributed by atoms with Gasteiger partial charge < -0.3 is 15.1 Å². The average molecular weight is 375 g/mol. The van der Waals surface area contributed by atoms with Gasteiger partial charge in [0.1, 0.15) is 5.82 Å². The van der Waals surface area contributed by atoms with Crippen molar-refractivity contribution in [2.24, 2.45) is 0 Å². The van der Waals surface area contributed by atoms with Gasteiger partial charge in [-0.15, -0.1) is 0 Å². The molecule has 1 aliphatic rings. The lowest BCUT2D eigenvalue weighted by molar-refractivity contribution is 0.102. The van der Waals surface area contributed by atoms with Crippen LogP contribution >= 0.6 is 0 Å². The van der Waals surface area contributed by atoms with Gasteiger partial charge in [0.15, 0.2) is 0 Å². The molecule has 1 saturated heterocycles. The molecular weight excluding hydrogens is 353 g/mol. The van der Waals surface area contributed by atoms with Gasteiger partial charge in [0.25, 0.3) is 5.91 Å². The maximum absolute atomic E-state index is 14.0. The highest BCUT2D eigenvalue weighted by molar-refractivity contribution is 6.04. The number of hydrogen-bond donors (Lipinski definition) is 1. The number of carbonyl (C=O) groups is 1. The first-order chi connectivity index (χ1) is 13.7. The van der Waals surface area contributed by atoms with Gasteiger partial charge in [0.05, 0.1) is 5.69 Å². The van der Waals surface area contributed by atoms with E-state index < -0.39 is 0 Å². The van der Waals surface area contributed by atoms with E-state index in [4.69, 9.17) is 0 Å². The minimum Gasteiger partial charge on any atom is -0.368 e. The Balaban J connectivity index is 1.36. The molecule has 0 saturated carbocycles. The van der Waals surface area contributed by atoms with Crippen molar-refractivity contribution in [3.05, 3.63) is 90.2 Å². The summed E-state index contributed by atoms with van der Waals surface area (Å²) in [7, 11) is 0. The van der Waals surface area contributed by atoms with Crippen molar-refractivity contribution in [3.63, 3.8) is 0 Å². The summed E-state index contributed by atoms with van der Waals surface area (Å²) >= 11 is 0. The molecule has 3 aromatic rings. The molecule has 0 bridgehead atoms. The predicted octanol–water partition coefficient (Wildman–Crippen LogP) is 4.40. The number of amides is 1. The number of nitrogens with one attached hydrogen (secondary N) is 1. The maximum atomic E-state index is 14.0. The van der Waals surface area contributed by atoms with Crippen LogP contribution < -0.4 is 15.1 Å². The molecule has 1 N–H and O–H groups in total. The number of piperazine rings is 1. The molecule has 28 heavy (non-hydrogen) atoms. The monoisotopic (exact) mass is 375 g/mol. The molecule has 0 aliphatic carbocycles. The van der Waals surface area contributed by atoms with Crippen LogP contribution in [0, 0.1) is 5.82 Å². The predicted molar refractivity (Wildman–Crippen MR) is 112 cm³/mol. The molecule has 1 heterocycles. The third-order valence-corrected chi connectivity index (χ3v) is 5.00. The molecule has 0 aromatic heterocycles. The summed E-state index contributed by atoms with van der Waals surface area (Å²) in [6.45, 7) is 3.19. The molecule has 0 unspecified atom stereocenters. The Morgan fingerprint density at radius 3 is 2.04 bits per heavy atom. The van der Waals surface area contributed by atoms with E-state index in [1.54, 1.807) is 18.2 Å². The van der Waals surface area contributed by atoms with Crippen LogP contribution in [0.1, 0.15) is 10.4 Å². The molecule has 142 valence electrons. The summed E-state index contributed by atoms with van der Waals surface area (Å²) in [5.41, 5.74) is 3.17. The van der Waals surface area contributed by atoms with Gasteiger partial charge in [0, 0.05) is 43.1 Å². The maximum Gasteiger partial charge on any atom is 0.255 e. The second-order valence-corrected chi connectivity index (χ2v) is 6.79. The van der Waals surface area contributed by atoms with Crippen molar-refractivity contribution in [2.45, 2.75) is 0 Å². The van der Waals surface area contributed by atoms with E-state index in [9.17, 15) is 9.18 Å². The molecule has 1 aliphatic heterocycles. The zero-order valence-electron chi connectivity index (χ0n) is 15.5. The number of rotatable bonds is 4. The number of benzene rings is 3. The van der Waals surface area contributed by atoms with Gasteiger partial charge in [-0.25, -0.2) is 4.39 Å². The SMILES string of the molecule is O=C(Nc1ccc(N2CCN(c3ccccc3F)CC2)cc1)c1ccccc1. The highest BCUT2D eigenvalue weighted by Crippen LogP contribution is 2.24. The topological polar surface area (TPSA) is 35.6 Å². The molecule has 0 atom stereocenters. The second-order valence-electron chi connectivity index (χ2n) is 6.79. The van der Waals surface area contributed by atoms with Crippen LogP contribution in [0.5, 0.6) is 0 Å².